The maximum absolute atomic E-state index is 12.9. The summed E-state index contributed by atoms with van der Waals surface area (Å²) in [5.74, 6) is -0.985. The average Bonchev–Trinajstić information content (AvgIpc) is 2.01. The van der Waals surface area contributed by atoms with Crippen LogP contribution >= 0.6 is 12.2 Å². The molecule has 0 fully saturated rings. The molecule has 0 heterocycles. The molecule has 0 aliphatic rings. The van der Waals surface area contributed by atoms with Crippen molar-refractivity contribution in [2.45, 2.75) is 6.43 Å². The Hall–Kier alpha value is -1.30. The van der Waals surface area contributed by atoms with Crippen molar-refractivity contribution in [1.29, 1.82) is 0 Å². The van der Waals surface area contributed by atoms with Crippen molar-refractivity contribution < 1.29 is 13.2 Å². The first-order chi connectivity index (χ1) is 6.52. The van der Waals surface area contributed by atoms with E-state index in [1.54, 1.807) is 0 Å². The first-order valence-corrected chi connectivity index (χ1v) is 4.06. The highest BCUT2D eigenvalue weighted by Gasteiger charge is 2.17. The Bertz CT molecular complexity index is 354. The van der Waals surface area contributed by atoms with Crippen molar-refractivity contribution in [2.75, 3.05) is 5.32 Å². The lowest BCUT2D eigenvalue weighted by Gasteiger charge is -2.10. The second-order valence-electron chi connectivity index (χ2n) is 2.49. The molecule has 0 aliphatic carbocycles. The number of halogens is 3. The zero-order valence-corrected chi connectivity index (χ0v) is 7.75. The fourth-order valence-electron chi connectivity index (χ4n) is 1.00. The van der Waals surface area contributed by atoms with Gasteiger partial charge < -0.3 is 11.1 Å². The van der Waals surface area contributed by atoms with Gasteiger partial charge in [0.15, 0.2) is 5.11 Å². The Morgan fingerprint density at radius 1 is 1.43 bits per heavy atom. The van der Waals surface area contributed by atoms with Gasteiger partial charge in [-0.15, -0.1) is 0 Å². The molecular formula is C8H7F3N2S. The summed E-state index contributed by atoms with van der Waals surface area (Å²) in [6, 6.07) is 3.53. The molecule has 14 heavy (non-hydrogen) atoms. The van der Waals surface area contributed by atoms with Gasteiger partial charge in [0.2, 0.25) is 0 Å². The standard InChI is InChI=1S/C8H7F3N2S/c9-4-2-1-3-5(13-8(12)14)6(4)7(10)11/h1-3,7H,(H3,12,13,14). The van der Waals surface area contributed by atoms with Crippen molar-refractivity contribution >= 4 is 23.0 Å². The van der Waals surface area contributed by atoms with Crippen LogP contribution in [0.1, 0.15) is 12.0 Å². The third-order valence-electron chi connectivity index (χ3n) is 1.53. The number of thiocarbonyl (C=S) groups is 1. The van der Waals surface area contributed by atoms with Gasteiger partial charge in [-0.2, -0.15) is 0 Å². The van der Waals surface area contributed by atoms with Crippen LogP contribution in [0.4, 0.5) is 18.9 Å². The molecule has 0 aromatic heterocycles. The van der Waals surface area contributed by atoms with Crippen LogP contribution < -0.4 is 11.1 Å². The van der Waals surface area contributed by atoms with Gasteiger partial charge in [-0.25, -0.2) is 13.2 Å². The minimum absolute atomic E-state index is 0.104. The molecule has 1 aromatic rings. The molecule has 6 heteroatoms. The van der Waals surface area contributed by atoms with Crippen LogP contribution in [0.25, 0.3) is 0 Å². The van der Waals surface area contributed by atoms with Crippen LogP contribution in [0.2, 0.25) is 0 Å². The smallest absolute Gasteiger partial charge is 0.268 e. The molecule has 0 spiro atoms. The molecule has 0 aliphatic heterocycles. The van der Waals surface area contributed by atoms with E-state index in [0.717, 1.165) is 6.07 Å². The van der Waals surface area contributed by atoms with E-state index >= 15 is 0 Å². The average molecular weight is 220 g/mol. The third-order valence-corrected chi connectivity index (χ3v) is 1.63. The number of hydrogen-bond acceptors (Lipinski definition) is 1. The SMILES string of the molecule is NC(=S)Nc1cccc(F)c1C(F)F. The van der Waals surface area contributed by atoms with Gasteiger partial charge in [0.25, 0.3) is 6.43 Å². The third kappa shape index (κ3) is 2.35. The van der Waals surface area contributed by atoms with E-state index in [2.05, 4.69) is 17.5 Å². The molecule has 0 atom stereocenters. The van der Waals surface area contributed by atoms with E-state index in [1.165, 1.54) is 12.1 Å². The first kappa shape index (κ1) is 10.8. The Kier molecular flexibility index (Phi) is 3.29. The zero-order chi connectivity index (χ0) is 10.7. The molecular weight excluding hydrogens is 213 g/mol. The Balaban J connectivity index is 3.14. The lowest BCUT2D eigenvalue weighted by atomic mass is 10.1. The highest BCUT2D eigenvalue weighted by Crippen LogP contribution is 2.29. The summed E-state index contributed by atoms with van der Waals surface area (Å²) >= 11 is 4.47. The maximum Gasteiger partial charge on any atom is 0.268 e. The summed E-state index contributed by atoms with van der Waals surface area (Å²) in [7, 11) is 0. The van der Waals surface area contributed by atoms with Crippen molar-refractivity contribution in [1.82, 2.24) is 0 Å². The summed E-state index contributed by atoms with van der Waals surface area (Å²) in [5, 5.41) is 2.10. The van der Waals surface area contributed by atoms with Gasteiger partial charge in [0, 0.05) is 0 Å². The molecule has 0 amide bonds. The quantitative estimate of drug-likeness (QED) is 0.752. The predicted octanol–water partition coefficient (Wildman–Crippen LogP) is 2.42. The predicted molar refractivity (Wildman–Crippen MR) is 51.8 cm³/mol. The van der Waals surface area contributed by atoms with Crippen LogP contribution in [0.3, 0.4) is 0 Å². The summed E-state index contributed by atoms with van der Waals surface area (Å²) in [4.78, 5) is 0. The van der Waals surface area contributed by atoms with Gasteiger partial charge in [-0.1, -0.05) is 6.07 Å². The fraction of sp³-hybridized carbons (Fsp3) is 0.125. The Morgan fingerprint density at radius 2 is 2.07 bits per heavy atom. The normalized spacial score (nSPS) is 10.3. The van der Waals surface area contributed by atoms with Crippen molar-refractivity contribution in [2.24, 2.45) is 5.73 Å². The first-order valence-electron chi connectivity index (χ1n) is 3.65. The highest BCUT2D eigenvalue weighted by atomic mass is 32.1. The molecule has 0 bridgehead atoms. The number of rotatable bonds is 2. The van der Waals surface area contributed by atoms with E-state index in [1.807, 2.05) is 0 Å². The summed E-state index contributed by atoms with van der Waals surface area (Å²) in [5.41, 5.74) is 4.27. The van der Waals surface area contributed by atoms with Gasteiger partial charge in [-0.05, 0) is 24.4 Å². The van der Waals surface area contributed by atoms with Crippen LogP contribution in [0.15, 0.2) is 18.2 Å². The van der Waals surface area contributed by atoms with Gasteiger partial charge in [0.05, 0.1) is 11.3 Å². The number of anilines is 1. The topological polar surface area (TPSA) is 38.0 Å². The van der Waals surface area contributed by atoms with Crippen LogP contribution in [0.5, 0.6) is 0 Å². The van der Waals surface area contributed by atoms with Crippen LogP contribution in [-0.2, 0) is 0 Å². The van der Waals surface area contributed by atoms with Gasteiger partial charge >= 0.3 is 0 Å². The molecule has 0 saturated carbocycles. The lowest BCUT2D eigenvalue weighted by Crippen LogP contribution is -2.20. The molecule has 2 nitrogen and oxygen atoms in total. The second-order valence-corrected chi connectivity index (χ2v) is 2.93. The molecule has 0 unspecified atom stereocenters. The van der Waals surface area contributed by atoms with E-state index in [0.29, 0.717) is 0 Å². The van der Waals surface area contributed by atoms with Crippen LogP contribution in [0, 0.1) is 5.82 Å². The van der Waals surface area contributed by atoms with Crippen molar-refractivity contribution in [3.05, 3.63) is 29.6 Å². The number of nitrogens with two attached hydrogens (primary N) is 1. The van der Waals surface area contributed by atoms with E-state index in [9.17, 15) is 13.2 Å². The Morgan fingerprint density at radius 3 is 2.57 bits per heavy atom. The molecule has 3 N–H and O–H groups in total. The largest absolute Gasteiger partial charge is 0.376 e. The maximum atomic E-state index is 12.9. The number of benzene rings is 1. The Labute approximate surface area is 83.9 Å². The minimum Gasteiger partial charge on any atom is -0.376 e. The molecule has 76 valence electrons. The number of nitrogens with one attached hydrogen (secondary N) is 1. The van der Waals surface area contributed by atoms with Gasteiger partial charge in [0.1, 0.15) is 5.82 Å². The molecule has 1 aromatic carbocycles. The number of alkyl halides is 2. The van der Waals surface area contributed by atoms with E-state index < -0.39 is 17.8 Å². The highest BCUT2D eigenvalue weighted by molar-refractivity contribution is 7.80. The minimum atomic E-state index is -2.91. The van der Waals surface area contributed by atoms with Crippen molar-refractivity contribution in [3.63, 3.8) is 0 Å². The number of hydrogen-bond donors (Lipinski definition) is 2. The molecule has 1 rings (SSSR count). The molecule has 0 saturated heterocycles. The van der Waals surface area contributed by atoms with Crippen molar-refractivity contribution in [3.8, 4) is 0 Å². The fourth-order valence-corrected chi connectivity index (χ4v) is 1.11. The monoisotopic (exact) mass is 220 g/mol. The van der Waals surface area contributed by atoms with E-state index in [4.69, 9.17) is 5.73 Å². The zero-order valence-electron chi connectivity index (χ0n) is 6.93. The van der Waals surface area contributed by atoms with Gasteiger partial charge in [-0.3, -0.25) is 0 Å². The summed E-state index contributed by atoms with van der Waals surface area (Å²) < 4.78 is 37.7. The second kappa shape index (κ2) is 4.28. The van der Waals surface area contributed by atoms with E-state index in [-0.39, 0.29) is 10.8 Å². The molecule has 0 radical (unpaired) electrons. The summed E-state index contributed by atoms with van der Waals surface area (Å²) in [6.45, 7) is 0. The van der Waals surface area contributed by atoms with Crippen LogP contribution in [-0.4, -0.2) is 5.11 Å². The lowest BCUT2D eigenvalue weighted by molar-refractivity contribution is 0.147. The summed E-state index contributed by atoms with van der Waals surface area (Å²) in [6.07, 6.45) is -2.91.